The van der Waals surface area contributed by atoms with Gasteiger partial charge in [-0.2, -0.15) is 0 Å². The highest BCUT2D eigenvalue weighted by Crippen LogP contribution is 2.37. The highest BCUT2D eigenvalue weighted by molar-refractivity contribution is 5.99. The maximum atomic E-state index is 14.3. The fourth-order valence-electron chi connectivity index (χ4n) is 6.39. The Morgan fingerprint density at radius 1 is 1.12 bits per heavy atom. The fourth-order valence-corrected chi connectivity index (χ4v) is 6.39. The average Bonchev–Trinajstić information content (AvgIpc) is 3.33. The zero-order valence-corrected chi connectivity index (χ0v) is 23.6. The third-order valence-corrected chi connectivity index (χ3v) is 8.90. The predicted octanol–water partition coefficient (Wildman–Crippen LogP) is 5.65. The molecule has 0 bridgehead atoms. The molecule has 1 saturated carbocycles. The minimum Gasteiger partial charge on any atom is -0.465 e. The molecule has 2 aromatic heterocycles. The van der Waals surface area contributed by atoms with Crippen molar-refractivity contribution in [3.05, 3.63) is 59.8 Å². The van der Waals surface area contributed by atoms with Crippen molar-refractivity contribution in [3.8, 4) is 5.69 Å². The van der Waals surface area contributed by atoms with Gasteiger partial charge in [-0.25, -0.2) is 9.18 Å². The van der Waals surface area contributed by atoms with E-state index < -0.39 is 11.9 Å². The first-order valence-corrected chi connectivity index (χ1v) is 14.4. The smallest absolute Gasteiger partial charge is 0.404 e. The van der Waals surface area contributed by atoms with Crippen LogP contribution < -0.4 is 5.32 Å². The van der Waals surface area contributed by atoms with Crippen LogP contribution in [0.3, 0.4) is 0 Å². The van der Waals surface area contributed by atoms with Gasteiger partial charge in [0.1, 0.15) is 5.82 Å². The number of likely N-dealkylation sites (tertiary alicyclic amines) is 1. The molecule has 0 unspecified atom stereocenters. The van der Waals surface area contributed by atoms with Gasteiger partial charge >= 0.3 is 6.09 Å². The topological polar surface area (TPSA) is 90.7 Å². The molecule has 0 atom stereocenters. The van der Waals surface area contributed by atoms with Crippen molar-refractivity contribution in [2.75, 3.05) is 26.7 Å². The molecule has 5 rings (SSSR count). The number of aromatic nitrogens is 2. The Bertz CT molecular complexity index is 1360. The summed E-state index contributed by atoms with van der Waals surface area (Å²) in [6, 6.07) is 6.56. The van der Waals surface area contributed by atoms with Crippen LogP contribution in [0.4, 0.5) is 9.18 Å². The minimum absolute atomic E-state index is 0.0103. The molecule has 3 aromatic rings. The number of piperidine rings is 1. The molecule has 2 aliphatic rings. The molecule has 9 heteroatoms. The molecule has 1 saturated heterocycles. The van der Waals surface area contributed by atoms with Gasteiger partial charge in [0.05, 0.1) is 23.0 Å². The Kier molecular flexibility index (Phi) is 8.40. The van der Waals surface area contributed by atoms with Gasteiger partial charge in [-0.3, -0.25) is 9.78 Å². The number of hydrogen-bond acceptors (Lipinski definition) is 4. The molecule has 214 valence electrons. The normalized spacial score (nSPS) is 20.6. The summed E-state index contributed by atoms with van der Waals surface area (Å²) in [5, 5.41) is 12.7. The van der Waals surface area contributed by atoms with Gasteiger partial charge in [-0.1, -0.05) is 0 Å². The summed E-state index contributed by atoms with van der Waals surface area (Å²) in [4.78, 5) is 32.8. The summed E-state index contributed by atoms with van der Waals surface area (Å²) < 4.78 is 16.4. The van der Waals surface area contributed by atoms with E-state index >= 15 is 0 Å². The van der Waals surface area contributed by atoms with E-state index in [1.54, 1.807) is 18.0 Å². The summed E-state index contributed by atoms with van der Waals surface area (Å²) in [7, 11) is 1.74. The van der Waals surface area contributed by atoms with E-state index in [0.29, 0.717) is 23.1 Å². The lowest BCUT2D eigenvalue weighted by Crippen LogP contribution is -2.41. The lowest BCUT2D eigenvalue weighted by atomic mass is 9.84. The number of nitrogens with zero attached hydrogens (tertiary/aromatic N) is 4. The number of carbonyl (C=O) groups excluding carboxylic acids is 1. The first kappa shape index (κ1) is 28.1. The number of nitrogens with one attached hydrogen (secondary N) is 1. The summed E-state index contributed by atoms with van der Waals surface area (Å²) in [6.45, 7) is 7.00. The number of pyridine rings is 1. The highest BCUT2D eigenvalue weighted by Gasteiger charge is 2.29. The van der Waals surface area contributed by atoms with E-state index in [4.69, 9.17) is 5.11 Å². The van der Waals surface area contributed by atoms with Crippen LogP contribution in [-0.2, 0) is 0 Å². The number of benzene rings is 1. The first-order chi connectivity index (χ1) is 19.2. The van der Waals surface area contributed by atoms with Crippen LogP contribution in [0.15, 0.2) is 42.9 Å². The number of rotatable bonds is 7. The molecule has 2 fully saturated rings. The lowest BCUT2D eigenvalue weighted by Gasteiger charge is -2.36. The third-order valence-electron chi connectivity index (χ3n) is 8.90. The minimum atomic E-state index is -0.923. The van der Waals surface area contributed by atoms with Crippen LogP contribution in [0.1, 0.15) is 74.2 Å². The monoisotopic (exact) mass is 549 g/mol. The van der Waals surface area contributed by atoms with Crippen molar-refractivity contribution in [3.63, 3.8) is 0 Å². The quantitative estimate of drug-likeness (QED) is 0.398. The standard InChI is InChI=1S/C31H40FN5O3/c1-20(2)35(3)30(38)26-16-23(32)6-9-28(26)37-19-27(25-10-13-33-17-29(25)37)22-11-14-36(15-12-22)18-21-4-7-24(8-5-21)34-31(39)40/h6,9-10,13,16-17,19-22,24,34H,4-5,7-8,11-12,14-15,18H2,1-3H3,(H,39,40). The zero-order valence-electron chi connectivity index (χ0n) is 23.6. The molecule has 2 N–H and O–H groups in total. The molecular weight excluding hydrogens is 509 g/mol. The van der Waals surface area contributed by atoms with Gasteiger partial charge in [0.2, 0.25) is 0 Å². The average molecular weight is 550 g/mol. The highest BCUT2D eigenvalue weighted by atomic mass is 19.1. The van der Waals surface area contributed by atoms with Crippen LogP contribution in [0, 0.1) is 11.7 Å². The van der Waals surface area contributed by atoms with E-state index in [1.807, 2.05) is 36.9 Å². The van der Waals surface area contributed by atoms with Crippen molar-refractivity contribution in [2.24, 2.45) is 5.92 Å². The first-order valence-electron chi connectivity index (χ1n) is 14.4. The third kappa shape index (κ3) is 5.99. The second-order valence-corrected chi connectivity index (χ2v) is 11.8. The maximum absolute atomic E-state index is 14.3. The zero-order chi connectivity index (χ0) is 28.4. The Hall–Kier alpha value is -3.46. The SMILES string of the molecule is CC(C)N(C)C(=O)c1cc(F)ccc1-n1cc(C2CCN(CC3CCC(NC(=O)O)CC3)CC2)c2ccncc21. The second-order valence-electron chi connectivity index (χ2n) is 11.8. The van der Waals surface area contributed by atoms with Crippen molar-refractivity contribution in [1.82, 2.24) is 24.7 Å². The van der Waals surface area contributed by atoms with Gasteiger partial charge in [-0.15, -0.1) is 0 Å². The van der Waals surface area contributed by atoms with Crippen LogP contribution in [0.5, 0.6) is 0 Å². The summed E-state index contributed by atoms with van der Waals surface area (Å²) in [5.41, 5.74) is 3.16. The maximum Gasteiger partial charge on any atom is 0.404 e. The van der Waals surface area contributed by atoms with Crippen molar-refractivity contribution >= 4 is 22.9 Å². The number of halogens is 1. The van der Waals surface area contributed by atoms with E-state index in [1.165, 1.54) is 17.7 Å². The molecule has 3 heterocycles. The Labute approximate surface area is 235 Å². The molecule has 1 aromatic carbocycles. The van der Waals surface area contributed by atoms with Crippen LogP contribution in [0.2, 0.25) is 0 Å². The number of hydrogen-bond donors (Lipinski definition) is 2. The number of fused-ring (bicyclic) bond motifs is 1. The summed E-state index contributed by atoms with van der Waals surface area (Å²) in [6.07, 6.45) is 10.9. The molecule has 2 amide bonds. The van der Waals surface area contributed by atoms with E-state index in [2.05, 4.69) is 21.4 Å². The van der Waals surface area contributed by atoms with Gasteiger partial charge in [0.15, 0.2) is 0 Å². The molecule has 1 aliphatic carbocycles. The van der Waals surface area contributed by atoms with Gasteiger partial charge < -0.3 is 24.8 Å². The molecule has 0 spiro atoms. The Morgan fingerprint density at radius 2 is 1.85 bits per heavy atom. The lowest BCUT2D eigenvalue weighted by molar-refractivity contribution is 0.0754. The number of carboxylic acid groups (broad SMARTS) is 1. The van der Waals surface area contributed by atoms with E-state index in [-0.39, 0.29) is 18.0 Å². The van der Waals surface area contributed by atoms with Crippen molar-refractivity contribution in [1.29, 1.82) is 0 Å². The van der Waals surface area contributed by atoms with E-state index in [9.17, 15) is 14.0 Å². The fraction of sp³-hybridized carbons (Fsp3) is 0.516. The largest absolute Gasteiger partial charge is 0.465 e. The van der Waals surface area contributed by atoms with Crippen molar-refractivity contribution in [2.45, 2.75) is 70.4 Å². The van der Waals surface area contributed by atoms with Crippen LogP contribution in [-0.4, -0.2) is 75.2 Å². The number of amides is 2. The van der Waals surface area contributed by atoms with Gasteiger partial charge in [-0.05, 0) is 107 Å². The molecular formula is C31H40FN5O3. The Morgan fingerprint density at radius 3 is 2.52 bits per heavy atom. The van der Waals surface area contributed by atoms with Crippen molar-refractivity contribution < 1.29 is 19.1 Å². The molecule has 1 aliphatic heterocycles. The Balaban J connectivity index is 1.33. The van der Waals surface area contributed by atoms with Gasteiger partial charge in [0, 0.05) is 43.5 Å². The number of carbonyl (C=O) groups is 2. The summed E-state index contributed by atoms with van der Waals surface area (Å²) >= 11 is 0. The van der Waals surface area contributed by atoms with Crippen LogP contribution in [0.25, 0.3) is 16.6 Å². The van der Waals surface area contributed by atoms with Gasteiger partial charge in [0.25, 0.3) is 5.91 Å². The van der Waals surface area contributed by atoms with Crippen LogP contribution >= 0.6 is 0 Å². The van der Waals surface area contributed by atoms with E-state index in [0.717, 1.165) is 69.1 Å². The second kappa shape index (κ2) is 12.0. The summed E-state index contributed by atoms with van der Waals surface area (Å²) in [5.74, 6) is 0.363. The predicted molar refractivity (Wildman–Crippen MR) is 154 cm³/mol. The molecule has 0 radical (unpaired) electrons. The molecule has 8 nitrogen and oxygen atoms in total. The molecule has 40 heavy (non-hydrogen) atoms.